The summed E-state index contributed by atoms with van der Waals surface area (Å²) in [5.74, 6) is 0.507. The zero-order chi connectivity index (χ0) is 23.4. The van der Waals surface area contributed by atoms with Crippen LogP contribution >= 0.6 is 11.6 Å². The van der Waals surface area contributed by atoms with Gasteiger partial charge in [0.1, 0.15) is 11.3 Å². The van der Waals surface area contributed by atoms with Crippen LogP contribution in [0.2, 0.25) is 5.02 Å². The Hall–Kier alpha value is -3.77. The molecule has 0 unspecified atom stereocenters. The first kappa shape index (κ1) is 22.4. The van der Waals surface area contributed by atoms with Gasteiger partial charge in [0.25, 0.3) is 5.91 Å². The molecule has 4 rings (SSSR count). The van der Waals surface area contributed by atoms with E-state index in [1.54, 1.807) is 60.7 Å². The monoisotopic (exact) mass is 463 g/mol. The van der Waals surface area contributed by atoms with Crippen LogP contribution in [-0.2, 0) is 4.79 Å². The summed E-state index contributed by atoms with van der Waals surface area (Å²) in [7, 11) is 0. The van der Waals surface area contributed by atoms with Gasteiger partial charge in [-0.05, 0) is 74.5 Å². The van der Waals surface area contributed by atoms with E-state index < -0.39 is 5.91 Å². The second-order valence-corrected chi connectivity index (χ2v) is 7.83. The minimum absolute atomic E-state index is 0.0303. The van der Waals surface area contributed by atoms with Crippen molar-refractivity contribution < 1.29 is 18.7 Å². The SMILES string of the molecule is CCOc1ccc(NC(=O)COc2c(-c3ccc(Cl)cc3)oc3ccc(C)cc3c2=O)cc1. The summed E-state index contributed by atoms with van der Waals surface area (Å²) >= 11 is 6.01. The Bertz CT molecular complexity index is 1340. The molecular weight excluding hydrogens is 442 g/mol. The van der Waals surface area contributed by atoms with Crippen LogP contribution in [0.25, 0.3) is 22.3 Å². The zero-order valence-corrected chi connectivity index (χ0v) is 18.9. The van der Waals surface area contributed by atoms with Crippen molar-refractivity contribution in [1.82, 2.24) is 0 Å². The fourth-order valence-electron chi connectivity index (χ4n) is 3.35. The standard InChI is InChI=1S/C26H22ClNO5/c1-3-31-20-11-9-19(10-12-20)28-23(29)15-32-26-24(30)21-14-16(2)4-13-22(21)33-25(26)17-5-7-18(27)8-6-17/h4-14H,3,15H2,1-2H3,(H,28,29). The summed E-state index contributed by atoms with van der Waals surface area (Å²) < 4.78 is 17.1. The van der Waals surface area contributed by atoms with Gasteiger partial charge in [-0.1, -0.05) is 23.2 Å². The Morgan fingerprint density at radius 1 is 1.00 bits per heavy atom. The first-order valence-corrected chi connectivity index (χ1v) is 10.8. The van der Waals surface area contributed by atoms with Gasteiger partial charge in [0.15, 0.2) is 12.4 Å². The van der Waals surface area contributed by atoms with E-state index in [0.717, 1.165) is 5.56 Å². The molecule has 1 aromatic heterocycles. The third-order valence-electron chi connectivity index (χ3n) is 4.91. The number of carbonyl (C=O) groups excluding carboxylic acids is 1. The second-order valence-electron chi connectivity index (χ2n) is 7.39. The molecule has 6 nitrogen and oxygen atoms in total. The van der Waals surface area contributed by atoms with Crippen molar-refractivity contribution in [2.24, 2.45) is 0 Å². The van der Waals surface area contributed by atoms with E-state index in [1.807, 2.05) is 19.9 Å². The molecular formula is C26H22ClNO5. The average Bonchev–Trinajstić information content (AvgIpc) is 2.81. The lowest BCUT2D eigenvalue weighted by molar-refractivity contribution is -0.118. The normalized spacial score (nSPS) is 10.8. The molecule has 1 N–H and O–H groups in total. The highest BCUT2D eigenvalue weighted by molar-refractivity contribution is 6.30. The number of aryl methyl sites for hydroxylation is 1. The molecule has 1 amide bonds. The van der Waals surface area contributed by atoms with Crippen molar-refractivity contribution in [1.29, 1.82) is 0 Å². The molecule has 0 aliphatic carbocycles. The molecule has 0 aliphatic rings. The highest BCUT2D eigenvalue weighted by Crippen LogP contribution is 2.32. The van der Waals surface area contributed by atoms with Crippen LogP contribution in [0, 0.1) is 6.92 Å². The van der Waals surface area contributed by atoms with E-state index in [4.69, 9.17) is 25.5 Å². The van der Waals surface area contributed by atoms with Crippen LogP contribution in [0.5, 0.6) is 11.5 Å². The van der Waals surface area contributed by atoms with Crippen molar-refractivity contribution in [2.75, 3.05) is 18.5 Å². The summed E-state index contributed by atoms with van der Waals surface area (Å²) in [6.45, 7) is 3.98. The molecule has 7 heteroatoms. The van der Waals surface area contributed by atoms with Crippen LogP contribution in [0.3, 0.4) is 0 Å². The fourth-order valence-corrected chi connectivity index (χ4v) is 3.48. The van der Waals surface area contributed by atoms with E-state index in [1.165, 1.54) is 0 Å². The summed E-state index contributed by atoms with van der Waals surface area (Å²) in [6.07, 6.45) is 0. The molecule has 0 spiro atoms. The first-order chi connectivity index (χ1) is 15.9. The molecule has 168 valence electrons. The Labute approximate surface area is 195 Å². The topological polar surface area (TPSA) is 77.8 Å². The Morgan fingerprint density at radius 3 is 2.42 bits per heavy atom. The van der Waals surface area contributed by atoms with Gasteiger partial charge in [-0.25, -0.2) is 0 Å². The van der Waals surface area contributed by atoms with Crippen LogP contribution in [0.15, 0.2) is 75.9 Å². The summed E-state index contributed by atoms with van der Waals surface area (Å²) in [6, 6.07) is 19.2. The van der Waals surface area contributed by atoms with Crippen LogP contribution in [0.1, 0.15) is 12.5 Å². The van der Waals surface area contributed by atoms with Gasteiger partial charge in [0, 0.05) is 16.3 Å². The minimum Gasteiger partial charge on any atom is -0.494 e. The largest absolute Gasteiger partial charge is 0.494 e. The lowest BCUT2D eigenvalue weighted by Crippen LogP contribution is -2.22. The van der Waals surface area contributed by atoms with E-state index in [9.17, 15) is 9.59 Å². The number of halogens is 1. The number of carbonyl (C=O) groups is 1. The van der Waals surface area contributed by atoms with Crippen LogP contribution in [0.4, 0.5) is 5.69 Å². The number of nitrogens with one attached hydrogen (secondary N) is 1. The van der Waals surface area contributed by atoms with Crippen molar-refractivity contribution >= 4 is 34.2 Å². The van der Waals surface area contributed by atoms with Gasteiger partial charge in [0.2, 0.25) is 11.2 Å². The fraction of sp³-hybridized carbons (Fsp3) is 0.154. The van der Waals surface area contributed by atoms with Gasteiger partial charge >= 0.3 is 0 Å². The van der Waals surface area contributed by atoms with E-state index in [0.29, 0.717) is 39.6 Å². The van der Waals surface area contributed by atoms with Gasteiger partial charge in [-0.15, -0.1) is 0 Å². The number of hydrogen-bond acceptors (Lipinski definition) is 5. The van der Waals surface area contributed by atoms with Crippen LogP contribution < -0.4 is 20.2 Å². The molecule has 0 fully saturated rings. The third kappa shape index (κ3) is 5.18. The molecule has 4 aromatic rings. The predicted octanol–water partition coefficient (Wildman–Crippen LogP) is 5.84. The average molecular weight is 464 g/mol. The van der Waals surface area contributed by atoms with Crippen LogP contribution in [-0.4, -0.2) is 19.1 Å². The van der Waals surface area contributed by atoms with E-state index in [-0.39, 0.29) is 23.5 Å². The number of rotatable bonds is 7. The van der Waals surface area contributed by atoms with Gasteiger partial charge in [-0.2, -0.15) is 0 Å². The number of ether oxygens (including phenoxy) is 2. The lowest BCUT2D eigenvalue weighted by atomic mass is 10.1. The van der Waals surface area contributed by atoms with E-state index >= 15 is 0 Å². The van der Waals surface area contributed by atoms with Gasteiger partial charge in [0.05, 0.1) is 12.0 Å². The molecule has 0 saturated carbocycles. The predicted molar refractivity (Wildman–Crippen MR) is 129 cm³/mol. The summed E-state index contributed by atoms with van der Waals surface area (Å²) in [4.78, 5) is 25.8. The second kappa shape index (κ2) is 9.79. The number of hydrogen-bond donors (Lipinski definition) is 1. The highest BCUT2D eigenvalue weighted by Gasteiger charge is 2.19. The van der Waals surface area contributed by atoms with Gasteiger partial charge < -0.3 is 19.2 Å². The molecule has 0 atom stereocenters. The maximum Gasteiger partial charge on any atom is 0.262 e. The zero-order valence-electron chi connectivity index (χ0n) is 18.2. The summed E-state index contributed by atoms with van der Waals surface area (Å²) in [5.41, 5.74) is 2.20. The first-order valence-electron chi connectivity index (χ1n) is 10.4. The third-order valence-corrected chi connectivity index (χ3v) is 5.16. The molecule has 0 saturated heterocycles. The maximum atomic E-state index is 13.3. The van der Waals surface area contributed by atoms with E-state index in [2.05, 4.69) is 5.32 Å². The smallest absolute Gasteiger partial charge is 0.262 e. The number of benzene rings is 3. The molecule has 0 aliphatic heterocycles. The van der Waals surface area contributed by atoms with Gasteiger partial charge in [-0.3, -0.25) is 9.59 Å². The number of amides is 1. The van der Waals surface area contributed by atoms with Crippen molar-refractivity contribution in [3.63, 3.8) is 0 Å². The van der Waals surface area contributed by atoms with Crippen molar-refractivity contribution in [3.05, 3.63) is 87.5 Å². The van der Waals surface area contributed by atoms with Crippen molar-refractivity contribution in [2.45, 2.75) is 13.8 Å². The quantitative estimate of drug-likeness (QED) is 0.372. The highest BCUT2D eigenvalue weighted by atomic mass is 35.5. The number of anilines is 1. The molecule has 0 radical (unpaired) electrons. The minimum atomic E-state index is -0.412. The molecule has 0 bridgehead atoms. The Kier molecular flexibility index (Phi) is 6.66. The Morgan fingerprint density at radius 2 is 1.73 bits per heavy atom. The molecule has 3 aromatic carbocycles. The molecule has 33 heavy (non-hydrogen) atoms. The van der Waals surface area contributed by atoms with Crippen molar-refractivity contribution in [3.8, 4) is 22.8 Å². The molecule has 1 heterocycles. The summed E-state index contributed by atoms with van der Waals surface area (Å²) in [5, 5.41) is 3.68. The number of fused-ring (bicyclic) bond motifs is 1. The lowest BCUT2D eigenvalue weighted by Gasteiger charge is -2.12. The maximum absolute atomic E-state index is 13.3. The Balaban J connectivity index is 1.62.